The van der Waals surface area contributed by atoms with Crippen molar-refractivity contribution in [2.24, 2.45) is 0 Å². The van der Waals surface area contributed by atoms with Crippen LogP contribution in [0.4, 0.5) is 0 Å². The van der Waals surface area contributed by atoms with Gasteiger partial charge in [-0.25, -0.2) is 0 Å². The maximum atomic E-state index is 11.0. The van der Waals surface area contributed by atoms with E-state index in [9.17, 15) is 5.11 Å². The van der Waals surface area contributed by atoms with Crippen LogP contribution in [0.5, 0.6) is 5.75 Å². The molecule has 1 heteroatoms. The van der Waals surface area contributed by atoms with Crippen LogP contribution in [-0.2, 0) is 18.3 Å². The van der Waals surface area contributed by atoms with E-state index in [0.717, 1.165) is 18.4 Å². The summed E-state index contributed by atoms with van der Waals surface area (Å²) in [7, 11) is 0. The van der Waals surface area contributed by atoms with E-state index in [4.69, 9.17) is 0 Å². The maximum Gasteiger partial charge on any atom is 0.119 e. The molecule has 0 heterocycles. The number of unbranched alkanes of at least 4 members (excludes halogenated alkanes) is 10. The monoisotopic (exact) mass is 436 g/mol. The Morgan fingerprint density at radius 2 is 1.16 bits per heavy atom. The van der Waals surface area contributed by atoms with Gasteiger partial charge in [-0.3, -0.25) is 0 Å². The highest BCUT2D eigenvalue weighted by atomic mass is 16.3. The molecule has 1 nitrogen and oxygen atoms in total. The number of benzene rings is 2. The summed E-state index contributed by atoms with van der Waals surface area (Å²) in [5.74, 6) is 0.464. The van der Waals surface area contributed by atoms with E-state index in [1.807, 2.05) is 6.07 Å². The number of phenols is 1. The maximum absolute atomic E-state index is 11.0. The molecule has 0 spiro atoms. The fraction of sp³-hybridized carbons (Fsp3) is 0.613. The third kappa shape index (κ3) is 7.98. The van der Waals surface area contributed by atoms with Crippen molar-refractivity contribution < 1.29 is 5.11 Å². The van der Waals surface area contributed by atoms with Gasteiger partial charge in [-0.1, -0.05) is 128 Å². The summed E-state index contributed by atoms with van der Waals surface area (Å²) in [5, 5.41) is 11.0. The Bertz CT molecular complexity index is 760. The highest BCUT2D eigenvalue weighted by Crippen LogP contribution is 2.41. The van der Waals surface area contributed by atoms with Crippen molar-refractivity contribution in [2.45, 2.75) is 123 Å². The van der Waals surface area contributed by atoms with Crippen LogP contribution in [0.1, 0.15) is 127 Å². The van der Waals surface area contributed by atoms with Crippen LogP contribution in [0.3, 0.4) is 0 Å². The Labute approximate surface area is 198 Å². The Hall–Kier alpha value is -1.76. The van der Waals surface area contributed by atoms with E-state index in [1.54, 1.807) is 0 Å². The second kappa shape index (κ2) is 14.4. The molecule has 0 atom stereocenters. The number of rotatable bonds is 16. The standard InChI is InChI=1S/C31H48O/c1-5-7-9-11-12-13-14-19-23-28-26(20-16-10-8-6-2)24-25-29(32)30(28)31(3,4)27-21-17-15-18-22-27/h15,17-18,21-22,24-25,32H,5-14,16,19-20,23H2,1-4H3. The van der Waals surface area contributed by atoms with E-state index in [2.05, 4.69) is 64.1 Å². The van der Waals surface area contributed by atoms with Crippen molar-refractivity contribution in [1.29, 1.82) is 0 Å². The Morgan fingerprint density at radius 1 is 0.625 bits per heavy atom. The Kier molecular flexibility index (Phi) is 11.9. The Balaban J connectivity index is 2.19. The summed E-state index contributed by atoms with van der Waals surface area (Å²) < 4.78 is 0. The van der Waals surface area contributed by atoms with Crippen molar-refractivity contribution in [3.8, 4) is 5.75 Å². The van der Waals surface area contributed by atoms with Crippen LogP contribution in [0.25, 0.3) is 0 Å². The zero-order valence-electron chi connectivity index (χ0n) is 21.4. The first kappa shape index (κ1) is 26.5. The second-order valence-corrected chi connectivity index (χ2v) is 10.1. The molecule has 178 valence electrons. The molecule has 0 bridgehead atoms. The summed E-state index contributed by atoms with van der Waals surface area (Å²) in [5.41, 5.74) is 5.10. The highest BCUT2D eigenvalue weighted by molar-refractivity contribution is 5.53. The van der Waals surface area contributed by atoms with Crippen LogP contribution in [-0.4, -0.2) is 5.11 Å². The zero-order chi connectivity index (χ0) is 23.2. The average molecular weight is 437 g/mol. The lowest BCUT2D eigenvalue weighted by atomic mass is 9.73. The quantitative estimate of drug-likeness (QED) is 0.260. The number of hydrogen-bond acceptors (Lipinski definition) is 1. The third-order valence-electron chi connectivity index (χ3n) is 7.09. The number of hydrogen-bond donors (Lipinski definition) is 1. The van der Waals surface area contributed by atoms with Crippen LogP contribution in [0.2, 0.25) is 0 Å². The first-order valence-electron chi connectivity index (χ1n) is 13.4. The minimum Gasteiger partial charge on any atom is -0.508 e. The Morgan fingerprint density at radius 3 is 1.78 bits per heavy atom. The van der Waals surface area contributed by atoms with Gasteiger partial charge in [-0.05, 0) is 48.4 Å². The molecule has 0 fully saturated rings. The van der Waals surface area contributed by atoms with Crippen molar-refractivity contribution >= 4 is 0 Å². The summed E-state index contributed by atoms with van der Waals surface area (Å²) in [6.07, 6.45) is 18.0. The highest BCUT2D eigenvalue weighted by Gasteiger charge is 2.29. The molecule has 0 aliphatic carbocycles. The fourth-order valence-corrected chi connectivity index (χ4v) is 5.07. The molecular weight excluding hydrogens is 388 g/mol. The van der Waals surface area contributed by atoms with Crippen LogP contribution in [0, 0.1) is 0 Å². The van der Waals surface area contributed by atoms with Crippen molar-refractivity contribution in [2.75, 3.05) is 0 Å². The third-order valence-corrected chi connectivity index (χ3v) is 7.09. The van der Waals surface area contributed by atoms with Gasteiger partial charge < -0.3 is 5.11 Å². The van der Waals surface area contributed by atoms with Crippen molar-refractivity contribution in [1.82, 2.24) is 0 Å². The molecule has 0 radical (unpaired) electrons. The lowest BCUT2D eigenvalue weighted by Crippen LogP contribution is -2.22. The van der Waals surface area contributed by atoms with E-state index in [0.29, 0.717) is 5.75 Å². The fourth-order valence-electron chi connectivity index (χ4n) is 5.07. The van der Waals surface area contributed by atoms with Gasteiger partial charge >= 0.3 is 0 Å². The predicted octanol–water partition coefficient (Wildman–Crippen LogP) is 9.52. The molecule has 32 heavy (non-hydrogen) atoms. The molecule has 1 N–H and O–H groups in total. The average Bonchev–Trinajstić information content (AvgIpc) is 2.80. The molecule has 0 saturated heterocycles. The van der Waals surface area contributed by atoms with Crippen LogP contribution in [0.15, 0.2) is 42.5 Å². The van der Waals surface area contributed by atoms with E-state index < -0.39 is 0 Å². The molecule has 0 unspecified atom stereocenters. The van der Waals surface area contributed by atoms with E-state index >= 15 is 0 Å². The van der Waals surface area contributed by atoms with Gasteiger partial charge in [0.05, 0.1) is 0 Å². The van der Waals surface area contributed by atoms with Crippen molar-refractivity contribution in [3.05, 3.63) is 64.7 Å². The molecule has 0 amide bonds. The lowest BCUT2D eigenvalue weighted by Gasteiger charge is -2.31. The van der Waals surface area contributed by atoms with Crippen LogP contribution < -0.4 is 0 Å². The van der Waals surface area contributed by atoms with Crippen LogP contribution >= 0.6 is 0 Å². The minimum atomic E-state index is -0.208. The molecule has 0 aliphatic heterocycles. The summed E-state index contributed by atoms with van der Waals surface area (Å²) in [6, 6.07) is 14.9. The van der Waals surface area contributed by atoms with Gasteiger partial charge in [0.15, 0.2) is 0 Å². The smallest absolute Gasteiger partial charge is 0.119 e. The van der Waals surface area contributed by atoms with Gasteiger partial charge in [-0.15, -0.1) is 0 Å². The molecule has 2 aromatic carbocycles. The van der Waals surface area contributed by atoms with Gasteiger partial charge in [0.25, 0.3) is 0 Å². The first-order valence-corrected chi connectivity index (χ1v) is 13.4. The molecule has 0 aromatic heterocycles. The second-order valence-electron chi connectivity index (χ2n) is 10.1. The SMILES string of the molecule is CCCCCCCCCCc1c(CCCCCC)ccc(O)c1C(C)(C)c1ccccc1. The number of aryl methyl sites for hydroxylation is 1. The van der Waals surface area contributed by atoms with Crippen molar-refractivity contribution in [3.63, 3.8) is 0 Å². The lowest BCUT2D eigenvalue weighted by molar-refractivity contribution is 0.449. The topological polar surface area (TPSA) is 20.2 Å². The summed E-state index contributed by atoms with van der Waals surface area (Å²) >= 11 is 0. The zero-order valence-corrected chi connectivity index (χ0v) is 21.4. The van der Waals surface area contributed by atoms with E-state index in [-0.39, 0.29) is 5.41 Å². The van der Waals surface area contributed by atoms with Gasteiger partial charge in [0.2, 0.25) is 0 Å². The number of phenolic OH excluding ortho intramolecular Hbond substituents is 1. The van der Waals surface area contributed by atoms with Gasteiger partial charge in [0.1, 0.15) is 5.75 Å². The largest absolute Gasteiger partial charge is 0.508 e. The molecule has 0 aliphatic rings. The predicted molar refractivity (Wildman–Crippen MR) is 141 cm³/mol. The molecule has 2 aromatic rings. The molecular formula is C31H48O. The minimum absolute atomic E-state index is 0.208. The van der Waals surface area contributed by atoms with Gasteiger partial charge in [0, 0.05) is 11.0 Å². The summed E-state index contributed by atoms with van der Waals surface area (Å²) in [6.45, 7) is 9.10. The summed E-state index contributed by atoms with van der Waals surface area (Å²) in [4.78, 5) is 0. The first-order chi connectivity index (χ1) is 15.5. The van der Waals surface area contributed by atoms with E-state index in [1.165, 1.54) is 93.7 Å². The van der Waals surface area contributed by atoms with Gasteiger partial charge in [-0.2, -0.15) is 0 Å². The molecule has 0 saturated carbocycles. The number of aromatic hydroxyl groups is 1. The molecule has 2 rings (SSSR count). The normalized spacial score (nSPS) is 11.8.